The molecule has 9 rings (SSSR count). The molecule has 5 saturated heterocycles. The lowest BCUT2D eigenvalue weighted by atomic mass is 9.87. The lowest BCUT2D eigenvalue weighted by molar-refractivity contribution is -0.173. The minimum absolute atomic E-state index is 0.0713. The number of aliphatic hydroxyl groups excluding tert-OH is 1. The maximum atomic E-state index is 14.2. The van der Waals surface area contributed by atoms with E-state index in [1.165, 1.54) is 74.2 Å². The highest BCUT2D eigenvalue weighted by atomic mass is 32.1. The fourth-order valence-electron chi connectivity index (χ4n) is 11.2. The number of nitriles is 1. The van der Waals surface area contributed by atoms with Gasteiger partial charge in [-0.1, -0.05) is 45.0 Å². The van der Waals surface area contributed by atoms with Crippen LogP contribution in [0.15, 0.2) is 72.2 Å². The topological polar surface area (TPSA) is 257 Å². The van der Waals surface area contributed by atoms with Gasteiger partial charge in [-0.15, -0.1) is 11.3 Å². The zero-order chi connectivity index (χ0) is 59.6. The molecule has 24 heteroatoms. The number of β-amino-alcohol motifs (C(OH)–C–C–N with tert-alkyl or cyclic N) is 1. The van der Waals surface area contributed by atoms with E-state index in [0.29, 0.717) is 55.9 Å². The van der Waals surface area contributed by atoms with Gasteiger partial charge in [-0.3, -0.25) is 28.9 Å². The van der Waals surface area contributed by atoms with Gasteiger partial charge >= 0.3 is 18.2 Å². The number of ether oxygens (including phenoxy) is 2. The third-order valence-corrected chi connectivity index (χ3v) is 16.5. The number of imide groups is 1. The van der Waals surface area contributed by atoms with Crippen LogP contribution in [0.25, 0.3) is 10.4 Å². The first-order valence-electron chi connectivity index (χ1n) is 27.1. The molecule has 4 aromatic rings. The number of likely N-dealkylation sites (tertiary alicyclic amines) is 4. The molecule has 436 valence electrons. The SMILES string of the molecule is CC(C)(C)[C@H](OC(=O)[C@@H]1CCCN1C(=O)C1CCCN1C(=O)[C@@H]1CCCN1C(=O)COc1ccc(N2C(=O)N(c3ccc(C#N)c(C(F)(F)F)c3)C(=O)C2(C)C)cc1)C(=O)N1C[C@@H](O)CC1C=O.Cc1ncsc1-c1ccc(CN)cc1. The summed E-state index contributed by atoms with van der Waals surface area (Å²) in [6.45, 7) is 10.8. The van der Waals surface area contributed by atoms with Crippen LogP contribution in [0.2, 0.25) is 0 Å². The maximum Gasteiger partial charge on any atom is 0.417 e. The van der Waals surface area contributed by atoms with E-state index in [0.717, 1.165) is 28.3 Å². The smallest absolute Gasteiger partial charge is 0.417 e. The van der Waals surface area contributed by atoms with Gasteiger partial charge in [-0.05, 0) is 113 Å². The molecule has 7 amide bonds. The van der Waals surface area contributed by atoms with Crippen LogP contribution >= 0.6 is 11.3 Å². The average Bonchev–Trinajstić information content (AvgIpc) is 3.21. The first kappa shape index (κ1) is 60.3. The van der Waals surface area contributed by atoms with Crippen molar-refractivity contribution in [1.82, 2.24) is 24.6 Å². The number of halogens is 3. The number of alkyl halides is 3. The van der Waals surface area contributed by atoms with Crippen LogP contribution in [-0.4, -0.2) is 152 Å². The second-order valence-corrected chi connectivity index (χ2v) is 23.4. The Balaban J connectivity index is 0.000000545. The van der Waals surface area contributed by atoms with Crippen LogP contribution < -0.4 is 20.3 Å². The van der Waals surface area contributed by atoms with Crippen LogP contribution in [0.3, 0.4) is 0 Å². The fourth-order valence-corrected chi connectivity index (χ4v) is 12.0. The van der Waals surface area contributed by atoms with Crippen molar-refractivity contribution >= 4 is 70.5 Å². The number of anilines is 2. The van der Waals surface area contributed by atoms with Crippen molar-refractivity contribution in [3.8, 4) is 22.3 Å². The van der Waals surface area contributed by atoms with Gasteiger partial charge in [0, 0.05) is 50.2 Å². The first-order chi connectivity index (χ1) is 38.8. The largest absolute Gasteiger partial charge is 0.484 e. The third-order valence-electron chi connectivity index (χ3n) is 15.5. The lowest BCUT2D eigenvalue weighted by Crippen LogP contribution is -2.56. The minimum atomic E-state index is -4.92. The number of thiazole rings is 1. The van der Waals surface area contributed by atoms with E-state index in [4.69, 9.17) is 15.2 Å². The van der Waals surface area contributed by atoms with Crippen LogP contribution in [0.4, 0.5) is 29.3 Å². The van der Waals surface area contributed by atoms with Gasteiger partial charge in [-0.25, -0.2) is 19.5 Å². The zero-order valence-corrected chi connectivity index (χ0v) is 47.2. The van der Waals surface area contributed by atoms with Gasteiger partial charge < -0.3 is 44.7 Å². The molecule has 6 heterocycles. The average molecular weight is 1150 g/mol. The number of rotatable bonds is 13. The van der Waals surface area contributed by atoms with Gasteiger partial charge in [-0.2, -0.15) is 18.4 Å². The second kappa shape index (κ2) is 24.4. The summed E-state index contributed by atoms with van der Waals surface area (Å²) in [5, 5.41) is 19.3. The number of aldehydes is 1. The lowest BCUT2D eigenvalue weighted by Gasteiger charge is -2.36. The molecule has 1 aromatic heterocycles. The molecule has 20 nitrogen and oxygen atoms in total. The quantitative estimate of drug-likeness (QED) is 0.0837. The molecule has 5 aliphatic heterocycles. The number of hydrogen-bond acceptors (Lipinski definition) is 15. The Morgan fingerprint density at radius 1 is 0.866 bits per heavy atom. The fraction of sp³-hybridized carbons (Fsp3) is 0.483. The van der Waals surface area contributed by atoms with Crippen LogP contribution in [0.5, 0.6) is 5.75 Å². The highest BCUT2D eigenvalue weighted by molar-refractivity contribution is 7.13. The second-order valence-electron chi connectivity index (χ2n) is 22.5. The van der Waals surface area contributed by atoms with Gasteiger partial charge in [0.25, 0.3) is 17.7 Å². The molecule has 0 radical (unpaired) electrons. The van der Waals surface area contributed by atoms with Crippen molar-refractivity contribution in [3.63, 3.8) is 0 Å². The molecule has 0 saturated carbocycles. The van der Waals surface area contributed by atoms with Crippen molar-refractivity contribution in [3.05, 3.63) is 94.6 Å². The number of benzene rings is 3. The molecule has 2 unspecified atom stereocenters. The molecular weight excluding hydrogens is 1090 g/mol. The van der Waals surface area contributed by atoms with Crippen LogP contribution in [-0.2, 0) is 51.0 Å². The molecule has 0 aliphatic carbocycles. The number of hydrogen-bond donors (Lipinski definition) is 2. The number of carbonyl (C=O) groups is 8. The number of esters is 1. The standard InChI is InChI=1S/C47H54F3N7O11.C11H12N2S/c1-45(2,3)38(41(63)55-24-31(59)21-30(55)25-58)68-42(64)36-11-8-20-54(36)40(62)35-10-7-19-53(35)39(61)34-9-6-18-52(34)37(60)26-67-32-16-14-28(15-17-32)57-44(66)56(43(65)46(57,4)5)29-13-12-27(23-51)33(22-29)47(48,49)50;1-8-11(14-7-13-8)10-4-2-9(6-12)3-5-10/h12-17,22,25,30-31,34-36,38,59H,6-11,18-21,24,26H2,1-5H3;2-5,7H,6,12H2,1H3/t30?,31-,34-,35?,36-,38+;/m0./s1. The number of nitrogens with two attached hydrogens (primary N) is 1. The molecule has 6 atom stereocenters. The summed E-state index contributed by atoms with van der Waals surface area (Å²) in [6.07, 6.45) is -4.05. The number of nitrogens with zero attached hydrogens (tertiary/aromatic N) is 8. The van der Waals surface area contributed by atoms with E-state index in [-0.39, 0.29) is 56.1 Å². The van der Waals surface area contributed by atoms with Gasteiger partial charge in [0.2, 0.25) is 11.8 Å². The molecule has 5 fully saturated rings. The van der Waals surface area contributed by atoms with E-state index >= 15 is 0 Å². The summed E-state index contributed by atoms with van der Waals surface area (Å²) in [5.41, 5.74) is 6.34. The number of urea groups is 1. The highest BCUT2D eigenvalue weighted by Gasteiger charge is 2.54. The van der Waals surface area contributed by atoms with E-state index in [9.17, 15) is 61.9 Å². The van der Waals surface area contributed by atoms with Crippen molar-refractivity contribution in [2.75, 3.05) is 42.6 Å². The Kier molecular flexibility index (Phi) is 17.9. The zero-order valence-electron chi connectivity index (χ0n) is 46.4. The first-order valence-corrected chi connectivity index (χ1v) is 28.0. The summed E-state index contributed by atoms with van der Waals surface area (Å²) < 4.78 is 52.9. The van der Waals surface area contributed by atoms with E-state index < -0.39 is 113 Å². The molecule has 0 bridgehead atoms. The Morgan fingerprint density at radius 3 is 2.01 bits per heavy atom. The van der Waals surface area contributed by atoms with E-state index in [2.05, 4.69) is 29.2 Å². The Bertz CT molecular complexity index is 3140. The number of aliphatic hydroxyl groups is 1. The monoisotopic (exact) mass is 1150 g/mol. The van der Waals surface area contributed by atoms with Gasteiger partial charge in [0.15, 0.2) is 12.7 Å². The summed E-state index contributed by atoms with van der Waals surface area (Å²) in [6, 6.07) is 13.5. The number of amides is 7. The van der Waals surface area contributed by atoms with Crippen molar-refractivity contribution in [2.45, 2.75) is 141 Å². The van der Waals surface area contributed by atoms with Crippen LogP contribution in [0.1, 0.15) is 102 Å². The predicted molar refractivity (Wildman–Crippen MR) is 293 cm³/mol. The molecule has 0 spiro atoms. The Hall–Kier alpha value is -7.75. The van der Waals surface area contributed by atoms with E-state index in [1.807, 2.05) is 12.4 Å². The highest BCUT2D eigenvalue weighted by Crippen LogP contribution is 2.41. The Morgan fingerprint density at radius 2 is 1.45 bits per heavy atom. The van der Waals surface area contributed by atoms with Gasteiger partial charge in [0.1, 0.15) is 35.7 Å². The third kappa shape index (κ3) is 12.4. The van der Waals surface area contributed by atoms with Crippen molar-refractivity contribution < 1.29 is 66.1 Å². The van der Waals surface area contributed by atoms with Crippen molar-refractivity contribution in [1.29, 1.82) is 5.26 Å². The number of aromatic nitrogens is 1. The molecule has 3 N–H and O–H groups in total. The van der Waals surface area contributed by atoms with Crippen LogP contribution in [0, 0.1) is 23.7 Å². The summed E-state index contributed by atoms with van der Waals surface area (Å²) in [7, 11) is 0. The number of aryl methyl sites for hydroxylation is 1. The van der Waals surface area contributed by atoms with E-state index in [1.54, 1.807) is 32.1 Å². The normalized spacial score (nSPS) is 22.0. The molecule has 3 aromatic carbocycles. The maximum absolute atomic E-state index is 14.2. The number of carbonyl (C=O) groups excluding carboxylic acids is 8. The summed E-state index contributed by atoms with van der Waals surface area (Å²) in [5.74, 6) is -3.37. The summed E-state index contributed by atoms with van der Waals surface area (Å²) >= 11 is 1.67. The Labute approximate surface area is 476 Å². The predicted octanol–water partition coefficient (Wildman–Crippen LogP) is 6.38. The molecular formula is C58H66F3N9O11S. The van der Waals surface area contributed by atoms with Crippen molar-refractivity contribution in [2.24, 2.45) is 11.1 Å². The summed E-state index contributed by atoms with van der Waals surface area (Å²) in [4.78, 5) is 121. The molecule has 5 aliphatic rings. The molecule has 82 heavy (non-hydrogen) atoms. The minimum Gasteiger partial charge on any atom is -0.484 e. The van der Waals surface area contributed by atoms with Gasteiger partial charge in [0.05, 0.1) is 51.1 Å².